The highest BCUT2D eigenvalue weighted by Gasteiger charge is 2.12. The van der Waals surface area contributed by atoms with Crippen LogP contribution in [0.5, 0.6) is 0 Å². The number of rotatable bonds is 10. The van der Waals surface area contributed by atoms with Crippen LogP contribution in [0.3, 0.4) is 0 Å². The number of anilines is 1. The average molecular weight is 348 g/mol. The van der Waals surface area contributed by atoms with E-state index in [1.54, 1.807) is 18.2 Å². The number of amides is 2. The van der Waals surface area contributed by atoms with Gasteiger partial charge in [-0.1, -0.05) is 39.2 Å². The average Bonchev–Trinajstić information content (AvgIpc) is 2.59. The Bertz CT molecular complexity index is 587. The fourth-order valence-electron chi connectivity index (χ4n) is 2.39. The second kappa shape index (κ2) is 11.2. The van der Waals surface area contributed by atoms with E-state index >= 15 is 0 Å². The summed E-state index contributed by atoms with van der Waals surface area (Å²) in [5, 5.41) is 5.41. The highest BCUT2D eigenvalue weighted by molar-refractivity contribution is 5.94. The maximum atomic E-state index is 12.0. The Morgan fingerprint density at radius 3 is 2.60 bits per heavy atom. The molecule has 0 unspecified atom stereocenters. The predicted octanol–water partition coefficient (Wildman–Crippen LogP) is 3.13. The first-order valence-corrected chi connectivity index (χ1v) is 8.77. The van der Waals surface area contributed by atoms with Gasteiger partial charge < -0.3 is 15.4 Å². The first-order chi connectivity index (χ1) is 12.0. The zero-order valence-electron chi connectivity index (χ0n) is 15.3. The van der Waals surface area contributed by atoms with Crippen LogP contribution < -0.4 is 10.6 Å². The number of hydrogen-bond donors (Lipinski definition) is 2. The van der Waals surface area contributed by atoms with Crippen molar-refractivity contribution in [3.63, 3.8) is 0 Å². The number of unbranched alkanes of at least 4 members (excludes halogenated alkanes) is 1. The Hall–Kier alpha value is -2.37. The van der Waals surface area contributed by atoms with Crippen molar-refractivity contribution in [2.24, 2.45) is 5.92 Å². The van der Waals surface area contributed by atoms with Gasteiger partial charge in [-0.2, -0.15) is 0 Å². The molecule has 0 aromatic heterocycles. The molecular weight excluding hydrogens is 320 g/mol. The lowest BCUT2D eigenvalue weighted by Crippen LogP contribution is -2.32. The van der Waals surface area contributed by atoms with E-state index in [2.05, 4.69) is 24.5 Å². The SMILES string of the molecule is CCCC[C@H](CC)CNC(=O)COC(=O)c1cccc(NC(C)=O)c1. The Balaban J connectivity index is 2.42. The topological polar surface area (TPSA) is 84.5 Å². The minimum absolute atomic E-state index is 0.224. The van der Waals surface area contributed by atoms with E-state index in [9.17, 15) is 14.4 Å². The van der Waals surface area contributed by atoms with Gasteiger partial charge in [-0.05, 0) is 30.5 Å². The lowest BCUT2D eigenvalue weighted by molar-refractivity contribution is -0.124. The third-order valence-electron chi connectivity index (χ3n) is 3.88. The monoisotopic (exact) mass is 348 g/mol. The molecule has 1 aromatic rings. The number of nitrogens with one attached hydrogen (secondary N) is 2. The molecule has 2 amide bonds. The molecule has 1 atom stereocenters. The quantitative estimate of drug-likeness (QED) is 0.636. The van der Waals surface area contributed by atoms with Crippen LogP contribution in [0.4, 0.5) is 5.69 Å². The molecule has 0 fully saturated rings. The van der Waals surface area contributed by atoms with Crippen molar-refractivity contribution < 1.29 is 19.1 Å². The Morgan fingerprint density at radius 2 is 1.96 bits per heavy atom. The van der Waals surface area contributed by atoms with Crippen LogP contribution in [0.25, 0.3) is 0 Å². The zero-order chi connectivity index (χ0) is 18.7. The van der Waals surface area contributed by atoms with E-state index in [0.717, 1.165) is 25.7 Å². The Morgan fingerprint density at radius 1 is 1.20 bits per heavy atom. The number of hydrogen-bond acceptors (Lipinski definition) is 4. The van der Waals surface area contributed by atoms with Crippen LogP contribution in [0.2, 0.25) is 0 Å². The number of carbonyl (C=O) groups is 3. The minimum Gasteiger partial charge on any atom is -0.452 e. The predicted molar refractivity (Wildman–Crippen MR) is 97.3 cm³/mol. The normalized spacial score (nSPS) is 11.5. The van der Waals surface area contributed by atoms with E-state index in [1.807, 2.05) is 0 Å². The summed E-state index contributed by atoms with van der Waals surface area (Å²) in [5.41, 5.74) is 0.793. The summed E-state index contributed by atoms with van der Waals surface area (Å²) < 4.78 is 5.03. The molecule has 0 saturated carbocycles. The molecule has 0 aliphatic carbocycles. The summed E-state index contributed by atoms with van der Waals surface area (Å²) in [5.74, 6) is -0.672. The van der Waals surface area contributed by atoms with Crippen molar-refractivity contribution >= 4 is 23.5 Å². The molecule has 0 aliphatic heterocycles. The standard InChI is InChI=1S/C19H28N2O4/c1-4-6-8-15(5-2)12-20-18(23)13-25-19(24)16-9-7-10-17(11-16)21-14(3)22/h7,9-11,15H,4-6,8,12-13H2,1-3H3,(H,20,23)(H,21,22)/t15-/m0/s1. The molecule has 0 aliphatic rings. The number of benzene rings is 1. The molecule has 6 nitrogen and oxygen atoms in total. The number of esters is 1. The zero-order valence-corrected chi connectivity index (χ0v) is 15.3. The van der Waals surface area contributed by atoms with Gasteiger partial charge in [-0.15, -0.1) is 0 Å². The summed E-state index contributed by atoms with van der Waals surface area (Å²) in [7, 11) is 0. The van der Waals surface area contributed by atoms with Gasteiger partial charge in [0, 0.05) is 19.2 Å². The molecule has 6 heteroatoms. The summed E-state index contributed by atoms with van der Waals surface area (Å²) in [6.45, 7) is 5.93. The van der Waals surface area contributed by atoms with Gasteiger partial charge in [-0.25, -0.2) is 4.79 Å². The van der Waals surface area contributed by atoms with E-state index in [4.69, 9.17) is 4.74 Å². The molecule has 0 spiro atoms. The van der Waals surface area contributed by atoms with Crippen LogP contribution in [0.1, 0.15) is 56.8 Å². The van der Waals surface area contributed by atoms with Crippen LogP contribution in [0.15, 0.2) is 24.3 Å². The second-order valence-electron chi connectivity index (χ2n) is 6.06. The molecule has 0 saturated heterocycles. The van der Waals surface area contributed by atoms with Gasteiger partial charge in [0.1, 0.15) is 0 Å². The van der Waals surface area contributed by atoms with Crippen LogP contribution >= 0.6 is 0 Å². The van der Waals surface area contributed by atoms with E-state index in [1.165, 1.54) is 13.0 Å². The lowest BCUT2D eigenvalue weighted by atomic mass is 9.99. The molecule has 1 aromatic carbocycles. The highest BCUT2D eigenvalue weighted by atomic mass is 16.5. The molecular formula is C19H28N2O4. The molecule has 138 valence electrons. The van der Waals surface area contributed by atoms with Crippen molar-refractivity contribution in [1.82, 2.24) is 5.32 Å². The van der Waals surface area contributed by atoms with Crippen LogP contribution in [-0.2, 0) is 14.3 Å². The molecule has 0 heterocycles. The minimum atomic E-state index is -0.597. The lowest BCUT2D eigenvalue weighted by Gasteiger charge is -2.15. The van der Waals surface area contributed by atoms with Gasteiger partial charge in [-0.3, -0.25) is 9.59 Å². The van der Waals surface area contributed by atoms with Crippen molar-refractivity contribution in [1.29, 1.82) is 0 Å². The third-order valence-corrected chi connectivity index (χ3v) is 3.88. The highest BCUT2D eigenvalue weighted by Crippen LogP contribution is 2.12. The van der Waals surface area contributed by atoms with Crippen molar-refractivity contribution in [3.8, 4) is 0 Å². The van der Waals surface area contributed by atoms with Crippen molar-refractivity contribution in [2.45, 2.75) is 46.5 Å². The van der Waals surface area contributed by atoms with E-state index in [-0.39, 0.29) is 24.0 Å². The summed E-state index contributed by atoms with van der Waals surface area (Å²) in [6.07, 6.45) is 4.38. The van der Waals surface area contributed by atoms with Gasteiger partial charge in [0.15, 0.2) is 6.61 Å². The summed E-state index contributed by atoms with van der Waals surface area (Å²) in [6, 6.07) is 6.40. The van der Waals surface area contributed by atoms with E-state index in [0.29, 0.717) is 18.2 Å². The molecule has 0 radical (unpaired) electrons. The van der Waals surface area contributed by atoms with Crippen molar-refractivity contribution in [2.75, 3.05) is 18.5 Å². The summed E-state index contributed by atoms with van der Waals surface area (Å²) >= 11 is 0. The number of ether oxygens (including phenoxy) is 1. The molecule has 2 N–H and O–H groups in total. The second-order valence-corrected chi connectivity index (χ2v) is 6.06. The smallest absolute Gasteiger partial charge is 0.338 e. The van der Waals surface area contributed by atoms with Gasteiger partial charge in [0.25, 0.3) is 5.91 Å². The first-order valence-electron chi connectivity index (χ1n) is 8.77. The maximum Gasteiger partial charge on any atom is 0.338 e. The molecule has 1 rings (SSSR count). The van der Waals surface area contributed by atoms with Crippen molar-refractivity contribution in [3.05, 3.63) is 29.8 Å². The van der Waals surface area contributed by atoms with Gasteiger partial charge in [0.05, 0.1) is 5.56 Å². The Kier molecular flexibility index (Phi) is 9.29. The fraction of sp³-hybridized carbons (Fsp3) is 0.526. The van der Waals surface area contributed by atoms with Gasteiger partial charge in [0.2, 0.25) is 5.91 Å². The van der Waals surface area contributed by atoms with E-state index < -0.39 is 5.97 Å². The largest absolute Gasteiger partial charge is 0.452 e. The maximum absolute atomic E-state index is 12.0. The van der Waals surface area contributed by atoms with Crippen LogP contribution in [-0.4, -0.2) is 30.9 Å². The summed E-state index contributed by atoms with van der Waals surface area (Å²) in [4.78, 5) is 34.9. The van der Waals surface area contributed by atoms with Crippen LogP contribution in [0, 0.1) is 5.92 Å². The fourth-order valence-corrected chi connectivity index (χ4v) is 2.39. The van der Waals surface area contributed by atoms with Gasteiger partial charge >= 0.3 is 5.97 Å². The molecule has 0 bridgehead atoms. The number of carbonyl (C=O) groups excluding carboxylic acids is 3. The molecule has 25 heavy (non-hydrogen) atoms. The first kappa shape index (κ1) is 20.7. The third kappa shape index (κ3) is 8.33. The Labute approximate surface area is 149 Å².